The van der Waals surface area contributed by atoms with E-state index in [1.807, 2.05) is 13.8 Å². The fourth-order valence-electron chi connectivity index (χ4n) is 2.29. The van der Waals surface area contributed by atoms with Gasteiger partial charge in [-0.25, -0.2) is 0 Å². The van der Waals surface area contributed by atoms with Crippen molar-refractivity contribution in [2.45, 2.75) is 33.6 Å². The molecule has 0 radical (unpaired) electrons. The van der Waals surface area contributed by atoms with E-state index in [-0.39, 0.29) is 24.0 Å². The number of hydrogen-bond donors (Lipinski definition) is 3. The summed E-state index contributed by atoms with van der Waals surface area (Å²) in [6.07, 6.45) is 0.800. The Labute approximate surface area is 125 Å². The van der Waals surface area contributed by atoms with Crippen molar-refractivity contribution in [3.05, 3.63) is 29.3 Å². The summed E-state index contributed by atoms with van der Waals surface area (Å²) in [5.74, 6) is -0.658. The SMILES string of the molecule is Cc1cc(C(=O)NC[C@H](CC(=O)O)CC(C)C)ccc1O. The normalized spacial score (nSPS) is 12.2. The van der Waals surface area contributed by atoms with Gasteiger partial charge in [-0.1, -0.05) is 13.8 Å². The van der Waals surface area contributed by atoms with Crippen LogP contribution in [0.3, 0.4) is 0 Å². The van der Waals surface area contributed by atoms with Gasteiger partial charge in [0.15, 0.2) is 0 Å². The van der Waals surface area contributed by atoms with Crippen molar-refractivity contribution >= 4 is 11.9 Å². The van der Waals surface area contributed by atoms with Crippen molar-refractivity contribution in [2.75, 3.05) is 6.54 Å². The lowest BCUT2D eigenvalue weighted by atomic mass is 9.94. The Hall–Kier alpha value is -2.04. The number of hydrogen-bond acceptors (Lipinski definition) is 3. The lowest BCUT2D eigenvalue weighted by Crippen LogP contribution is -2.31. The molecule has 0 saturated heterocycles. The summed E-state index contributed by atoms with van der Waals surface area (Å²) in [6, 6.07) is 4.64. The highest BCUT2D eigenvalue weighted by Gasteiger charge is 2.16. The Morgan fingerprint density at radius 2 is 1.95 bits per heavy atom. The van der Waals surface area contributed by atoms with Crippen LogP contribution in [-0.2, 0) is 4.79 Å². The third-order valence-electron chi connectivity index (χ3n) is 3.28. The van der Waals surface area contributed by atoms with Gasteiger partial charge in [-0.3, -0.25) is 9.59 Å². The highest BCUT2D eigenvalue weighted by molar-refractivity contribution is 5.94. The van der Waals surface area contributed by atoms with Crippen molar-refractivity contribution < 1.29 is 19.8 Å². The fourth-order valence-corrected chi connectivity index (χ4v) is 2.29. The van der Waals surface area contributed by atoms with E-state index >= 15 is 0 Å². The molecule has 1 atom stereocenters. The van der Waals surface area contributed by atoms with Gasteiger partial charge in [-0.2, -0.15) is 0 Å². The average molecular weight is 293 g/mol. The molecule has 1 rings (SSSR count). The maximum absolute atomic E-state index is 12.0. The van der Waals surface area contributed by atoms with Gasteiger partial charge in [0.05, 0.1) is 0 Å². The van der Waals surface area contributed by atoms with Gasteiger partial charge in [0.2, 0.25) is 0 Å². The van der Waals surface area contributed by atoms with Crippen LogP contribution in [0.15, 0.2) is 18.2 Å². The minimum absolute atomic E-state index is 0.0487. The summed E-state index contributed by atoms with van der Waals surface area (Å²) in [4.78, 5) is 22.9. The molecule has 3 N–H and O–H groups in total. The van der Waals surface area contributed by atoms with Gasteiger partial charge in [-0.05, 0) is 48.9 Å². The number of aromatic hydroxyl groups is 1. The van der Waals surface area contributed by atoms with Crippen LogP contribution < -0.4 is 5.32 Å². The zero-order valence-electron chi connectivity index (χ0n) is 12.7. The van der Waals surface area contributed by atoms with Crippen molar-refractivity contribution in [3.63, 3.8) is 0 Å². The van der Waals surface area contributed by atoms with E-state index in [9.17, 15) is 14.7 Å². The smallest absolute Gasteiger partial charge is 0.303 e. The average Bonchev–Trinajstić information content (AvgIpc) is 2.37. The predicted molar refractivity (Wildman–Crippen MR) is 80.4 cm³/mol. The number of nitrogens with one attached hydrogen (secondary N) is 1. The van der Waals surface area contributed by atoms with Crippen LogP contribution in [-0.4, -0.2) is 28.6 Å². The highest BCUT2D eigenvalue weighted by Crippen LogP contribution is 2.18. The number of carbonyl (C=O) groups excluding carboxylic acids is 1. The molecular weight excluding hydrogens is 270 g/mol. The Morgan fingerprint density at radius 1 is 1.29 bits per heavy atom. The van der Waals surface area contributed by atoms with Crippen molar-refractivity contribution in [2.24, 2.45) is 11.8 Å². The first kappa shape index (κ1) is 17.0. The van der Waals surface area contributed by atoms with E-state index in [4.69, 9.17) is 5.11 Å². The van der Waals surface area contributed by atoms with Gasteiger partial charge >= 0.3 is 5.97 Å². The van der Waals surface area contributed by atoms with E-state index in [0.717, 1.165) is 6.42 Å². The summed E-state index contributed by atoms with van der Waals surface area (Å²) in [5.41, 5.74) is 1.09. The predicted octanol–water partition coefficient (Wildman–Crippen LogP) is 2.57. The molecule has 0 heterocycles. The van der Waals surface area contributed by atoms with Gasteiger partial charge < -0.3 is 15.5 Å². The number of phenols is 1. The molecule has 0 spiro atoms. The molecule has 0 aliphatic rings. The quantitative estimate of drug-likeness (QED) is 0.721. The number of carbonyl (C=O) groups is 2. The maximum Gasteiger partial charge on any atom is 0.303 e. The van der Waals surface area contributed by atoms with Crippen LogP contribution >= 0.6 is 0 Å². The van der Waals surface area contributed by atoms with Gasteiger partial charge in [0.25, 0.3) is 5.91 Å². The number of aliphatic carboxylic acids is 1. The summed E-state index contributed by atoms with van der Waals surface area (Å²) >= 11 is 0. The van der Waals surface area contributed by atoms with E-state index in [2.05, 4.69) is 5.32 Å². The molecule has 0 aliphatic carbocycles. The highest BCUT2D eigenvalue weighted by atomic mass is 16.4. The number of carboxylic acids is 1. The summed E-state index contributed by atoms with van der Waals surface area (Å²) in [6.45, 7) is 6.11. The molecule has 0 unspecified atom stereocenters. The molecule has 1 amide bonds. The van der Waals surface area contributed by atoms with Crippen LogP contribution in [0.25, 0.3) is 0 Å². The van der Waals surface area contributed by atoms with E-state index < -0.39 is 5.97 Å². The fraction of sp³-hybridized carbons (Fsp3) is 0.500. The Bertz CT molecular complexity index is 511. The zero-order valence-corrected chi connectivity index (χ0v) is 12.7. The minimum atomic E-state index is -0.852. The van der Waals surface area contributed by atoms with Crippen LogP contribution in [0.5, 0.6) is 5.75 Å². The number of rotatable bonds is 7. The second-order valence-corrected chi connectivity index (χ2v) is 5.80. The maximum atomic E-state index is 12.0. The Balaban J connectivity index is 2.63. The molecule has 0 bridgehead atoms. The summed E-state index contributed by atoms with van der Waals surface area (Å²) in [5, 5.41) is 21.1. The van der Waals surface area contributed by atoms with Crippen LogP contribution in [0.4, 0.5) is 0 Å². The van der Waals surface area contributed by atoms with E-state index in [0.29, 0.717) is 23.6 Å². The largest absolute Gasteiger partial charge is 0.508 e. The van der Waals surface area contributed by atoms with Gasteiger partial charge in [-0.15, -0.1) is 0 Å². The number of carboxylic acid groups (broad SMARTS) is 1. The second-order valence-electron chi connectivity index (χ2n) is 5.80. The van der Waals surface area contributed by atoms with Crippen molar-refractivity contribution in [1.29, 1.82) is 0 Å². The minimum Gasteiger partial charge on any atom is -0.508 e. The van der Waals surface area contributed by atoms with Crippen molar-refractivity contribution in [1.82, 2.24) is 5.32 Å². The molecule has 0 aromatic heterocycles. The first-order chi connectivity index (χ1) is 9.79. The molecule has 116 valence electrons. The van der Waals surface area contributed by atoms with Gasteiger partial charge in [0.1, 0.15) is 5.75 Å². The topological polar surface area (TPSA) is 86.6 Å². The third-order valence-corrected chi connectivity index (χ3v) is 3.28. The number of aryl methyl sites for hydroxylation is 1. The standard InChI is InChI=1S/C16H23NO4/c1-10(2)6-12(8-15(19)20)9-17-16(21)13-4-5-14(18)11(3)7-13/h4-5,7,10,12,18H,6,8-9H2,1-3H3,(H,17,21)(H,19,20)/t12-/m0/s1. The Kier molecular flexibility index (Phi) is 6.21. The number of amides is 1. The van der Waals surface area contributed by atoms with Crippen LogP contribution in [0.2, 0.25) is 0 Å². The third kappa shape index (κ3) is 5.85. The molecule has 1 aromatic rings. The number of phenolic OH excluding ortho intramolecular Hbond substituents is 1. The monoisotopic (exact) mass is 293 g/mol. The molecule has 0 fully saturated rings. The molecule has 0 aliphatic heterocycles. The van der Waals surface area contributed by atoms with Crippen LogP contribution in [0, 0.1) is 18.8 Å². The lowest BCUT2D eigenvalue weighted by Gasteiger charge is -2.18. The van der Waals surface area contributed by atoms with Crippen molar-refractivity contribution in [3.8, 4) is 5.75 Å². The number of benzene rings is 1. The molecule has 5 heteroatoms. The summed E-state index contributed by atoms with van der Waals surface area (Å²) in [7, 11) is 0. The molecule has 1 aromatic carbocycles. The second kappa shape index (κ2) is 7.67. The lowest BCUT2D eigenvalue weighted by molar-refractivity contribution is -0.138. The first-order valence-electron chi connectivity index (χ1n) is 7.09. The summed E-state index contributed by atoms with van der Waals surface area (Å²) < 4.78 is 0. The van der Waals surface area contributed by atoms with E-state index in [1.54, 1.807) is 19.1 Å². The van der Waals surface area contributed by atoms with Gasteiger partial charge in [0, 0.05) is 18.5 Å². The first-order valence-corrected chi connectivity index (χ1v) is 7.09. The van der Waals surface area contributed by atoms with Crippen LogP contribution in [0.1, 0.15) is 42.6 Å². The molecule has 5 nitrogen and oxygen atoms in total. The van der Waals surface area contributed by atoms with E-state index in [1.165, 1.54) is 6.07 Å². The molecule has 21 heavy (non-hydrogen) atoms. The zero-order chi connectivity index (χ0) is 16.0. The Morgan fingerprint density at radius 3 is 2.48 bits per heavy atom. The molecule has 0 saturated carbocycles. The molecular formula is C16H23NO4.